The zero-order chi connectivity index (χ0) is 17.1. The molecular weight excluding hydrogens is 322 g/mol. The number of nitrogens with one attached hydrogen (secondary N) is 1. The Labute approximate surface area is 148 Å². The largest absolute Gasteiger partial charge is 0.481 e. The molecule has 0 saturated heterocycles. The van der Waals surface area contributed by atoms with Crippen molar-refractivity contribution in [3.05, 3.63) is 64.2 Å². The van der Waals surface area contributed by atoms with Crippen LogP contribution in [0.5, 0.6) is 5.75 Å². The van der Waals surface area contributed by atoms with Crippen molar-refractivity contribution in [1.29, 1.82) is 0 Å². The Morgan fingerprint density at radius 3 is 2.88 bits per heavy atom. The standard InChI is InChI=1S/C20H22ClNO2/c1-13-12-16(10-11-18(13)21)24-14(2)20(23)22-19-9-5-7-15-6-3-4-8-17(15)19/h3-4,6,8,10-12,14,19H,5,7,9H2,1-2H3,(H,22,23). The number of halogens is 1. The minimum absolute atomic E-state index is 0.0699. The molecule has 1 N–H and O–H groups in total. The van der Waals surface area contributed by atoms with Gasteiger partial charge in [0.05, 0.1) is 6.04 Å². The van der Waals surface area contributed by atoms with Gasteiger partial charge in [-0.05, 0) is 68.0 Å². The molecule has 0 heterocycles. The van der Waals surface area contributed by atoms with Crippen LogP contribution in [0, 0.1) is 6.92 Å². The molecular formula is C20H22ClNO2. The van der Waals surface area contributed by atoms with Gasteiger partial charge in [-0.15, -0.1) is 0 Å². The summed E-state index contributed by atoms with van der Waals surface area (Å²) in [5.41, 5.74) is 3.49. The highest BCUT2D eigenvalue weighted by atomic mass is 35.5. The van der Waals surface area contributed by atoms with Crippen molar-refractivity contribution in [2.45, 2.75) is 45.3 Å². The Bertz CT molecular complexity index is 744. The first-order valence-electron chi connectivity index (χ1n) is 8.35. The smallest absolute Gasteiger partial charge is 0.261 e. The molecule has 2 aromatic carbocycles. The fourth-order valence-electron chi connectivity index (χ4n) is 3.14. The number of aryl methyl sites for hydroxylation is 2. The summed E-state index contributed by atoms with van der Waals surface area (Å²) in [6.45, 7) is 3.69. The molecule has 3 rings (SSSR count). The van der Waals surface area contributed by atoms with Gasteiger partial charge in [0.25, 0.3) is 5.91 Å². The third-order valence-electron chi connectivity index (χ3n) is 4.50. The number of benzene rings is 2. The first kappa shape index (κ1) is 16.8. The van der Waals surface area contributed by atoms with Gasteiger partial charge in [0.2, 0.25) is 0 Å². The maximum atomic E-state index is 12.5. The van der Waals surface area contributed by atoms with Gasteiger partial charge < -0.3 is 10.1 Å². The molecule has 1 amide bonds. The number of carbonyl (C=O) groups is 1. The van der Waals surface area contributed by atoms with Gasteiger partial charge in [-0.25, -0.2) is 0 Å². The summed E-state index contributed by atoms with van der Waals surface area (Å²) in [7, 11) is 0. The quantitative estimate of drug-likeness (QED) is 0.880. The first-order valence-corrected chi connectivity index (χ1v) is 8.73. The molecule has 0 aliphatic heterocycles. The van der Waals surface area contributed by atoms with E-state index < -0.39 is 6.10 Å². The maximum Gasteiger partial charge on any atom is 0.261 e. The average Bonchev–Trinajstić information content (AvgIpc) is 2.58. The van der Waals surface area contributed by atoms with Gasteiger partial charge in [-0.3, -0.25) is 4.79 Å². The molecule has 2 aromatic rings. The zero-order valence-electron chi connectivity index (χ0n) is 14.0. The van der Waals surface area contributed by atoms with E-state index in [4.69, 9.17) is 16.3 Å². The summed E-state index contributed by atoms with van der Waals surface area (Å²) in [6, 6.07) is 13.8. The van der Waals surface area contributed by atoms with E-state index in [2.05, 4.69) is 23.5 Å². The van der Waals surface area contributed by atoms with Crippen LogP contribution in [0.4, 0.5) is 0 Å². The summed E-state index contributed by atoms with van der Waals surface area (Å²) in [5.74, 6) is 0.563. The van der Waals surface area contributed by atoms with Crippen molar-refractivity contribution in [2.24, 2.45) is 0 Å². The second kappa shape index (κ2) is 7.27. The second-order valence-electron chi connectivity index (χ2n) is 6.32. The van der Waals surface area contributed by atoms with E-state index in [1.54, 1.807) is 19.1 Å². The zero-order valence-corrected chi connectivity index (χ0v) is 14.8. The molecule has 3 nitrogen and oxygen atoms in total. The molecule has 0 radical (unpaired) electrons. The molecule has 2 atom stereocenters. The molecule has 0 spiro atoms. The number of hydrogen-bond acceptors (Lipinski definition) is 2. The summed E-state index contributed by atoms with van der Waals surface area (Å²) in [4.78, 5) is 12.5. The molecule has 0 bridgehead atoms. The Hall–Kier alpha value is -2.00. The van der Waals surface area contributed by atoms with Gasteiger partial charge in [-0.2, -0.15) is 0 Å². The summed E-state index contributed by atoms with van der Waals surface area (Å²) in [6.07, 6.45) is 2.58. The third-order valence-corrected chi connectivity index (χ3v) is 4.92. The number of carbonyl (C=O) groups excluding carboxylic acids is 1. The van der Waals surface area contributed by atoms with Gasteiger partial charge in [0.15, 0.2) is 6.10 Å². The van der Waals surface area contributed by atoms with E-state index in [1.807, 2.05) is 19.1 Å². The number of fused-ring (bicyclic) bond motifs is 1. The van der Waals surface area contributed by atoms with Crippen molar-refractivity contribution in [2.75, 3.05) is 0 Å². The number of ether oxygens (including phenoxy) is 1. The number of hydrogen-bond donors (Lipinski definition) is 1. The van der Waals surface area contributed by atoms with E-state index >= 15 is 0 Å². The Kier molecular flexibility index (Phi) is 5.10. The summed E-state index contributed by atoms with van der Waals surface area (Å²) >= 11 is 6.02. The predicted molar refractivity (Wildman–Crippen MR) is 96.5 cm³/mol. The number of rotatable bonds is 4. The van der Waals surface area contributed by atoms with Crippen LogP contribution in [-0.4, -0.2) is 12.0 Å². The summed E-state index contributed by atoms with van der Waals surface area (Å²) in [5, 5.41) is 3.82. The first-order chi connectivity index (χ1) is 11.5. The normalized spacial score (nSPS) is 17.7. The molecule has 0 aromatic heterocycles. The van der Waals surface area contributed by atoms with Crippen LogP contribution in [0.2, 0.25) is 5.02 Å². The van der Waals surface area contributed by atoms with Crippen LogP contribution in [0.25, 0.3) is 0 Å². The van der Waals surface area contributed by atoms with Crippen LogP contribution in [0.3, 0.4) is 0 Å². The van der Waals surface area contributed by atoms with Crippen molar-refractivity contribution in [1.82, 2.24) is 5.32 Å². The number of amides is 1. The average molecular weight is 344 g/mol. The molecule has 2 unspecified atom stereocenters. The van der Waals surface area contributed by atoms with Crippen LogP contribution >= 0.6 is 11.6 Å². The highest BCUT2D eigenvalue weighted by Gasteiger charge is 2.24. The van der Waals surface area contributed by atoms with E-state index in [0.29, 0.717) is 10.8 Å². The second-order valence-corrected chi connectivity index (χ2v) is 6.73. The molecule has 24 heavy (non-hydrogen) atoms. The maximum absolute atomic E-state index is 12.5. The highest BCUT2D eigenvalue weighted by Crippen LogP contribution is 2.29. The fourth-order valence-corrected chi connectivity index (χ4v) is 3.26. The minimum atomic E-state index is -0.556. The van der Waals surface area contributed by atoms with Gasteiger partial charge in [-0.1, -0.05) is 35.9 Å². The van der Waals surface area contributed by atoms with E-state index in [9.17, 15) is 4.79 Å². The van der Waals surface area contributed by atoms with Crippen LogP contribution in [0.15, 0.2) is 42.5 Å². The molecule has 126 valence electrons. The lowest BCUT2D eigenvalue weighted by Crippen LogP contribution is -2.39. The van der Waals surface area contributed by atoms with Crippen molar-refractivity contribution in [3.63, 3.8) is 0 Å². The van der Waals surface area contributed by atoms with Gasteiger partial charge in [0, 0.05) is 5.02 Å². The van der Waals surface area contributed by atoms with Gasteiger partial charge in [0.1, 0.15) is 5.75 Å². The topological polar surface area (TPSA) is 38.3 Å². The highest BCUT2D eigenvalue weighted by molar-refractivity contribution is 6.31. The van der Waals surface area contributed by atoms with Crippen molar-refractivity contribution in [3.8, 4) is 5.75 Å². The molecule has 0 saturated carbocycles. The SMILES string of the molecule is Cc1cc(OC(C)C(=O)NC2CCCc3ccccc32)ccc1Cl. The fraction of sp³-hybridized carbons (Fsp3) is 0.350. The Balaban J connectivity index is 1.65. The van der Waals surface area contributed by atoms with Crippen molar-refractivity contribution >= 4 is 17.5 Å². The lowest BCUT2D eigenvalue weighted by atomic mass is 9.87. The van der Waals surface area contributed by atoms with E-state index in [0.717, 1.165) is 24.8 Å². The van der Waals surface area contributed by atoms with Crippen LogP contribution in [0.1, 0.15) is 42.5 Å². The Morgan fingerprint density at radius 1 is 1.29 bits per heavy atom. The van der Waals surface area contributed by atoms with E-state index in [1.165, 1.54) is 11.1 Å². The predicted octanol–water partition coefficient (Wildman–Crippen LogP) is 4.61. The van der Waals surface area contributed by atoms with Crippen LogP contribution in [-0.2, 0) is 11.2 Å². The van der Waals surface area contributed by atoms with E-state index in [-0.39, 0.29) is 11.9 Å². The van der Waals surface area contributed by atoms with Gasteiger partial charge >= 0.3 is 0 Å². The monoisotopic (exact) mass is 343 g/mol. The molecule has 4 heteroatoms. The lowest BCUT2D eigenvalue weighted by molar-refractivity contribution is -0.128. The minimum Gasteiger partial charge on any atom is -0.481 e. The third kappa shape index (κ3) is 3.73. The molecule has 0 fully saturated rings. The molecule has 1 aliphatic rings. The van der Waals surface area contributed by atoms with Crippen LogP contribution < -0.4 is 10.1 Å². The molecule has 1 aliphatic carbocycles. The summed E-state index contributed by atoms with van der Waals surface area (Å²) < 4.78 is 5.77. The Morgan fingerprint density at radius 2 is 2.08 bits per heavy atom. The van der Waals surface area contributed by atoms with Crippen molar-refractivity contribution < 1.29 is 9.53 Å². The lowest BCUT2D eigenvalue weighted by Gasteiger charge is -2.27.